The van der Waals surface area contributed by atoms with Crippen LogP contribution in [0.25, 0.3) is 0 Å². The number of methoxy groups -OCH3 is 1. The number of hydrogen-bond donors (Lipinski definition) is 1. The second kappa shape index (κ2) is 8.38. The average Bonchev–Trinajstić information content (AvgIpc) is 2.94. The van der Waals surface area contributed by atoms with Gasteiger partial charge in [0, 0.05) is 18.4 Å². The summed E-state index contributed by atoms with van der Waals surface area (Å²) in [6.07, 6.45) is 2.10. The van der Waals surface area contributed by atoms with Gasteiger partial charge >= 0.3 is 5.97 Å². The highest BCUT2D eigenvalue weighted by molar-refractivity contribution is 7.99. The number of rotatable bonds is 7. The minimum Gasteiger partial charge on any atom is -0.465 e. The van der Waals surface area contributed by atoms with E-state index >= 15 is 0 Å². The number of hydrogen-bond acceptors (Lipinski definition) is 6. The summed E-state index contributed by atoms with van der Waals surface area (Å²) in [7, 11) is 1.31. The first-order valence-electron chi connectivity index (χ1n) is 7.08. The predicted molar refractivity (Wildman–Crippen MR) is 86.2 cm³/mol. The normalized spacial score (nSPS) is 10.3. The quantitative estimate of drug-likeness (QED) is 0.619. The molecule has 2 rings (SSSR count). The van der Waals surface area contributed by atoms with E-state index in [-0.39, 0.29) is 12.5 Å². The summed E-state index contributed by atoms with van der Waals surface area (Å²) >= 11 is 1.53. The molecule has 1 N–H and O–H groups in total. The summed E-state index contributed by atoms with van der Waals surface area (Å²) in [6, 6.07) is 7.25. The Hall–Kier alpha value is -2.28. The lowest BCUT2D eigenvalue weighted by atomic mass is 10.2. The first kappa shape index (κ1) is 17.1. The molecule has 1 amide bonds. The van der Waals surface area contributed by atoms with E-state index in [2.05, 4.69) is 15.0 Å². The van der Waals surface area contributed by atoms with E-state index in [1.165, 1.54) is 18.9 Å². The van der Waals surface area contributed by atoms with E-state index in [0.717, 1.165) is 5.03 Å². The zero-order valence-corrected chi connectivity index (χ0v) is 13.8. The Morgan fingerprint density at radius 3 is 2.91 bits per heavy atom. The number of aryl methyl sites for hydroxylation is 1. The molecular weight excluding hydrogens is 316 g/mol. The molecule has 122 valence electrons. The number of thioether (sulfide) groups is 1. The van der Waals surface area contributed by atoms with Crippen molar-refractivity contribution >= 4 is 23.6 Å². The summed E-state index contributed by atoms with van der Waals surface area (Å²) in [5, 5.41) is 3.66. The van der Waals surface area contributed by atoms with Crippen LogP contribution in [0.5, 0.6) is 0 Å². The largest absolute Gasteiger partial charge is 0.465 e. The van der Waals surface area contributed by atoms with Crippen LogP contribution < -0.4 is 5.32 Å². The fourth-order valence-electron chi connectivity index (χ4n) is 1.90. The molecule has 0 bridgehead atoms. The van der Waals surface area contributed by atoms with Crippen molar-refractivity contribution in [1.29, 1.82) is 0 Å². The molecule has 2 aromatic heterocycles. The first-order valence-corrected chi connectivity index (χ1v) is 8.07. The van der Waals surface area contributed by atoms with Crippen LogP contribution in [0.4, 0.5) is 0 Å². The number of carbonyl (C=O) groups excluding carboxylic acids is 2. The minimum absolute atomic E-state index is 0.0814. The molecule has 6 nitrogen and oxygen atoms in total. The van der Waals surface area contributed by atoms with Gasteiger partial charge in [0.15, 0.2) is 0 Å². The summed E-state index contributed by atoms with van der Waals surface area (Å²) in [6.45, 7) is 1.92. The lowest BCUT2D eigenvalue weighted by molar-refractivity contribution is -0.120. The van der Waals surface area contributed by atoms with Crippen molar-refractivity contribution < 1.29 is 18.7 Å². The van der Waals surface area contributed by atoms with Gasteiger partial charge in [-0.25, -0.2) is 9.78 Å². The smallest absolute Gasteiger partial charge is 0.341 e. The molecule has 0 saturated heterocycles. The molecule has 0 saturated carbocycles. The Morgan fingerprint density at radius 2 is 2.22 bits per heavy atom. The summed E-state index contributed by atoms with van der Waals surface area (Å²) in [5.41, 5.74) is 0.377. The molecule has 2 heterocycles. The second-order valence-corrected chi connectivity index (χ2v) is 5.83. The molecule has 0 spiro atoms. The lowest BCUT2D eigenvalue weighted by Crippen LogP contribution is -2.22. The summed E-state index contributed by atoms with van der Waals surface area (Å²) in [4.78, 5) is 27.5. The number of aromatic nitrogens is 1. The number of furan rings is 1. The fourth-order valence-corrected chi connectivity index (χ4v) is 2.71. The highest BCUT2D eigenvalue weighted by Crippen LogP contribution is 2.16. The maximum Gasteiger partial charge on any atom is 0.341 e. The average molecular weight is 334 g/mol. The molecule has 0 aliphatic carbocycles. The van der Waals surface area contributed by atoms with Crippen molar-refractivity contribution in [2.24, 2.45) is 0 Å². The molecule has 0 atom stereocenters. The number of nitrogens with one attached hydrogen (secondary N) is 1. The van der Waals surface area contributed by atoms with E-state index in [1.54, 1.807) is 19.2 Å². The van der Waals surface area contributed by atoms with Crippen molar-refractivity contribution in [3.8, 4) is 0 Å². The number of pyridine rings is 1. The van der Waals surface area contributed by atoms with Gasteiger partial charge in [-0.3, -0.25) is 4.79 Å². The van der Waals surface area contributed by atoms with E-state index in [1.807, 2.05) is 18.2 Å². The van der Waals surface area contributed by atoms with Crippen LogP contribution in [0.2, 0.25) is 0 Å². The van der Waals surface area contributed by atoms with Crippen LogP contribution in [-0.2, 0) is 16.1 Å². The number of amides is 1. The van der Waals surface area contributed by atoms with Crippen molar-refractivity contribution in [3.05, 3.63) is 47.5 Å². The van der Waals surface area contributed by atoms with Gasteiger partial charge in [-0.15, -0.1) is 11.8 Å². The van der Waals surface area contributed by atoms with Crippen LogP contribution in [0, 0.1) is 6.92 Å². The highest BCUT2D eigenvalue weighted by atomic mass is 32.2. The van der Waals surface area contributed by atoms with Gasteiger partial charge in [0.25, 0.3) is 0 Å². The van der Waals surface area contributed by atoms with Gasteiger partial charge < -0.3 is 14.5 Å². The van der Waals surface area contributed by atoms with Gasteiger partial charge in [-0.05, 0) is 25.1 Å². The number of carbonyl (C=O) groups is 2. The third-order valence-corrected chi connectivity index (χ3v) is 4.00. The van der Waals surface area contributed by atoms with Gasteiger partial charge in [0.2, 0.25) is 5.91 Å². The molecule has 7 heteroatoms. The number of ether oxygens (including phenoxy) is 1. The van der Waals surface area contributed by atoms with E-state index in [9.17, 15) is 9.59 Å². The Balaban J connectivity index is 1.75. The first-order chi connectivity index (χ1) is 11.1. The third kappa shape index (κ3) is 5.14. The van der Waals surface area contributed by atoms with Crippen molar-refractivity contribution in [2.45, 2.75) is 24.9 Å². The number of nitrogens with zero attached hydrogens (tertiary/aromatic N) is 1. The van der Waals surface area contributed by atoms with Gasteiger partial charge in [-0.1, -0.05) is 6.07 Å². The summed E-state index contributed by atoms with van der Waals surface area (Å²) < 4.78 is 10.1. The Bertz CT molecular complexity index is 670. The Labute approximate surface area is 138 Å². The molecule has 0 fully saturated rings. The maximum absolute atomic E-state index is 11.8. The standard InChI is InChI=1S/C16H18N2O4S/c1-11-13(16(20)21-2)9-12(22-11)10-18-14(19)6-8-23-15-5-3-4-7-17-15/h3-5,7,9H,6,8,10H2,1-2H3,(H,18,19). The minimum atomic E-state index is -0.449. The molecule has 0 radical (unpaired) electrons. The van der Waals surface area contributed by atoms with E-state index in [4.69, 9.17) is 4.42 Å². The van der Waals surface area contributed by atoms with Gasteiger partial charge in [0.05, 0.1) is 18.7 Å². The van der Waals surface area contributed by atoms with Gasteiger partial charge in [-0.2, -0.15) is 0 Å². The molecular formula is C16H18N2O4S. The highest BCUT2D eigenvalue weighted by Gasteiger charge is 2.15. The van der Waals surface area contributed by atoms with Crippen molar-refractivity contribution in [3.63, 3.8) is 0 Å². The summed E-state index contributed by atoms with van der Waals surface area (Å²) in [5.74, 6) is 1.12. The predicted octanol–water partition coefficient (Wildman–Crippen LogP) is 2.57. The van der Waals surface area contributed by atoms with Crippen LogP contribution in [0.1, 0.15) is 28.3 Å². The van der Waals surface area contributed by atoms with Crippen molar-refractivity contribution in [2.75, 3.05) is 12.9 Å². The molecule has 0 aromatic carbocycles. The monoisotopic (exact) mass is 334 g/mol. The zero-order valence-electron chi connectivity index (χ0n) is 13.0. The SMILES string of the molecule is COC(=O)c1cc(CNC(=O)CCSc2ccccn2)oc1C. The van der Waals surface area contributed by atoms with Crippen LogP contribution in [-0.4, -0.2) is 29.7 Å². The Kier molecular flexibility index (Phi) is 6.22. The van der Waals surface area contributed by atoms with E-state index < -0.39 is 5.97 Å². The topological polar surface area (TPSA) is 81.4 Å². The molecule has 2 aromatic rings. The van der Waals surface area contributed by atoms with E-state index in [0.29, 0.717) is 29.3 Å². The molecule has 0 unspecified atom stereocenters. The zero-order chi connectivity index (χ0) is 16.7. The lowest BCUT2D eigenvalue weighted by Gasteiger charge is -2.03. The third-order valence-electron chi connectivity index (χ3n) is 3.05. The van der Waals surface area contributed by atoms with Gasteiger partial charge in [0.1, 0.15) is 17.1 Å². The van der Waals surface area contributed by atoms with Crippen LogP contribution in [0.15, 0.2) is 39.9 Å². The number of esters is 1. The molecule has 0 aliphatic heterocycles. The fraction of sp³-hybridized carbons (Fsp3) is 0.312. The second-order valence-electron chi connectivity index (χ2n) is 4.72. The maximum atomic E-state index is 11.8. The molecule has 0 aliphatic rings. The molecule has 23 heavy (non-hydrogen) atoms. The van der Waals surface area contributed by atoms with Crippen LogP contribution >= 0.6 is 11.8 Å². The van der Waals surface area contributed by atoms with Crippen molar-refractivity contribution in [1.82, 2.24) is 10.3 Å². The van der Waals surface area contributed by atoms with Crippen LogP contribution in [0.3, 0.4) is 0 Å². The Morgan fingerprint density at radius 1 is 1.39 bits per heavy atom.